The van der Waals surface area contributed by atoms with Crippen LogP contribution in [0.5, 0.6) is 0 Å². The molecule has 2 heterocycles. The van der Waals surface area contributed by atoms with Gasteiger partial charge in [0.15, 0.2) is 5.82 Å². The summed E-state index contributed by atoms with van der Waals surface area (Å²) < 4.78 is 39.0. The molecule has 1 aliphatic rings. The predicted octanol–water partition coefficient (Wildman–Crippen LogP) is 4.98. The summed E-state index contributed by atoms with van der Waals surface area (Å²) in [4.78, 5) is 12.5. The number of anilines is 2. The van der Waals surface area contributed by atoms with E-state index in [1.165, 1.54) is 25.0 Å². The molecule has 27 heavy (non-hydrogen) atoms. The quantitative estimate of drug-likeness (QED) is 0.767. The van der Waals surface area contributed by atoms with Crippen LogP contribution in [0, 0.1) is 5.92 Å². The second kappa shape index (κ2) is 6.98. The van der Waals surface area contributed by atoms with E-state index >= 15 is 0 Å². The first kappa shape index (κ1) is 19.4. The Kier molecular flexibility index (Phi) is 5.01. The third-order valence-corrected chi connectivity index (χ3v) is 4.20. The third kappa shape index (κ3) is 5.30. The van der Waals surface area contributed by atoms with Crippen LogP contribution < -0.4 is 10.6 Å². The molecular formula is C19H24F3N5. The van der Waals surface area contributed by atoms with Crippen LogP contribution in [-0.2, 0) is 6.18 Å². The van der Waals surface area contributed by atoms with Gasteiger partial charge in [-0.15, -0.1) is 0 Å². The van der Waals surface area contributed by atoms with E-state index in [2.05, 4.69) is 32.5 Å². The SMILES string of the molecule is CC(Nc1cc(NC(C)(C)C)nc(-c2cccc(C(F)(F)F)n2)n1)C1CC1. The number of aromatic nitrogens is 3. The van der Waals surface area contributed by atoms with E-state index in [1.807, 2.05) is 20.8 Å². The van der Waals surface area contributed by atoms with Gasteiger partial charge in [-0.3, -0.25) is 0 Å². The van der Waals surface area contributed by atoms with Crippen LogP contribution in [0.2, 0.25) is 0 Å². The Hall–Kier alpha value is -2.38. The fourth-order valence-electron chi connectivity index (χ4n) is 2.75. The smallest absolute Gasteiger partial charge is 0.367 e. The van der Waals surface area contributed by atoms with Crippen molar-refractivity contribution in [2.75, 3.05) is 10.6 Å². The number of nitrogens with zero attached hydrogens (tertiary/aromatic N) is 3. The van der Waals surface area contributed by atoms with Crippen LogP contribution in [0.15, 0.2) is 24.3 Å². The highest BCUT2D eigenvalue weighted by molar-refractivity contribution is 5.59. The van der Waals surface area contributed by atoms with Crippen molar-refractivity contribution in [1.82, 2.24) is 15.0 Å². The molecule has 0 bridgehead atoms. The number of pyridine rings is 1. The molecule has 1 fully saturated rings. The Morgan fingerprint density at radius 3 is 2.30 bits per heavy atom. The van der Waals surface area contributed by atoms with Gasteiger partial charge in [-0.2, -0.15) is 13.2 Å². The zero-order chi connectivity index (χ0) is 19.8. The van der Waals surface area contributed by atoms with E-state index in [0.29, 0.717) is 17.6 Å². The number of nitrogens with one attached hydrogen (secondary N) is 2. The van der Waals surface area contributed by atoms with E-state index < -0.39 is 11.9 Å². The second-order valence-corrected chi connectivity index (χ2v) is 8.01. The van der Waals surface area contributed by atoms with Gasteiger partial charge in [-0.25, -0.2) is 15.0 Å². The summed E-state index contributed by atoms with van der Waals surface area (Å²) in [6.07, 6.45) is -2.17. The molecule has 2 aromatic heterocycles. The van der Waals surface area contributed by atoms with Gasteiger partial charge < -0.3 is 10.6 Å². The van der Waals surface area contributed by atoms with Gasteiger partial charge in [0.25, 0.3) is 0 Å². The maximum absolute atomic E-state index is 13.0. The zero-order valence-electron chi connectivity index (χ0n) is 15.9. The van der Waals surface area contributed by atoms with Crippen molar-refractivity contribution < 1.29 is 13.2 Å². The topological polar surface area (TPSA) is 62.7 Å². The number of rotatable bonds is 5. The molecule has 2 N–H and O–H groups in total. The molecule has 3 rings (SSSR count). The molecule has 1 unspecified atom stereocenters. The van der Waals surface area contributed by atoms with Crippen LogP contribution >= 0.6 is 0 Å². The van der Waals surface area contributed by atoms with E-state index in [1.54, 1.807) is 6.07 Å². The van der Waals surface area contributed by atoms with Crippen LogP contribution in [0.3, 0.4) is 0 Å². The van der Waals surface area contributed by atoms with Gasteiger partial charge in [-0.05, 0) is 58.6 Å². The minimum Gasteiger partial charge on any atom is -0.367 e. The highest BCUT2D eigenvalue weighted by atomic mass is 19.4. The lowest BCUT2D eigenvalue weighted by atomic mass is 10.1. The summed E-state index contributed by atoms with van der Waals surface area (Å²) in [6.45, 7) is 8.03. The minimum atomic E-state index is -4.52. The van der Waals surface area contributed by atoms with Crippen LogP contribution in [0.1, 0.15) is 46.2 Å². The molecule has 8 heteroatoms. The molecule has 146 valence electrons. The average Bonchev–Trinajstić information content (AvgIpc) is 3.37. The largest absolute Gasteiger partial charge is 0.433 e. The summed E-state index contributed by atoms with van der Waals surface area (Å²) >= 11 is 0. The molecule has 0 spiro atoms. The lowest BCUT2D eigenvalue weighted by molar-refractivity contribution is -0.141. The second-order valence-electron chi connectivity index (χ2n) is 8.01. The maximum atomic E-state index is 13.0. The standard InChI is InChI=1S/C19H24F3N5/c1-11(12-8-9-12)23-15-10-16(27-18(2,3)4)26-17(25-15)13-6-5-7-14(24-13)19(20,21)22/h5-7,10-12H,8-9H2,1-4H3,(H2,23,25,26,27). The van der Waals surface area contributed by atoms with Gasteiger partial charge in [-0.1, -0.05) is 6.07 Å². The first-order valence-corrected chi connectivity index (χ1v) is 9.00. The Labute approximate surface area is 156 Å². The van der Waals surface area contributed by atoms with Crippen molar-refractivity contribution in [2.45, 2.75) is 58.3 Å². The predicted molar refractivity (Wildman–Crippen MR) is 99.4 cm³/mol. The molecule has 0 amide bonds. The fraction of sp³-hybridized carbons (Fsp3) is 0.526. The van der Waals surface area contributed by atoms with Crippen LogP contribution in [-0.4, -0.2) is 26.5 Å². The van der Waals surface area contributed by atoms with Crippen molar-refractivity contribution in [1.29, 1.82) is 0 Å². The van der Waals surface area contributed by atoms with E-state index in [9.17, 15) is 13.2 Å². The highest BCUT2D eigenvalue weighted by Gasteiger charge is 2.33. The van der Waals surface area contributed by atoms with Gasteiger partial charge in [0, 0.05) is 17.6 Å². The summed E-state index contributed by atoms with van der Waals surface area (Å²) in [5, 5.41) is 6.60. The van der Waals surface area contributed by atoms with Crippen molar-refractivity contribution in [3.63, 3.8) is 0 Å². The van der Waals surface area contributed by atoms with Gasteiger partial charge in [0.2, 0.25) is 0 Å². The molecule has 1 aliphatic carbocycles. The summed E-state index contributed by atoms with van der Waals surface area (Å²) in [6, 6.07) is 5.76. The Balaban J connectivity index is 1.98. The minimum absolute atomic E-state index is 0.0875. The molecular weight excluding hydrogens is 355 g/mol. The van der Waals surface area contributed by atoms with Gasteiger partial charge >= 0.3 is 6.18 Å². The maximum Gasteiger partial charge on any atom is 0.433 e. The number of alkyl halides is 3. The molecule has 0 aromatic carbocycles. The monoisotopic (exact) mass is 379 g/mol. The lowest BCUT2D eigenvalue weighted by Gasteiger charge is -2.22. The summed E-state index contributed by atoms with van der Waals surface area (Å²) in [7, 11) is 0. The van der Waals surface area contributed by atoms with Gasteiger partial charge in [0.1, 0.15) is 23.0 Å². The van der Waals surface area contributed by atoms with Crippen molar-refractivity contribution in [3.8, 4) is 11.5 Å². The number of hydrogen-bond donors (Lipinski definition) is 2. The normalized spacial score (nSPS) is 16.1. The van der Waals surface area contributed by atoms with Crippen LogP contribution in [0.4, 0.5) is 24.8 Å². The molecule has 1 atom stereocenters. The Morgan fingerprint density at radius 2 is 1.70 bits per heavy atom. The first-order valence-electron chi connectivity index (χ1n) is 9.00. The highest BCUT2D eigenvalue weighted by Crippen LogP contribution is 2.34. The first-order chi connectivity index (χ1) is 12.5. The third-order valence-electron chi connectivity index (χ3n) is 4.20. The summed E-state index contributed by atoms with van der Waals surface area (Å²) in [5.74, 6) is 1.87. The van der Waals surface area contributed by atoms with E-state index in [0.717, 1.165) is 6.07 Å². The van der Waals surface area contributed by atoms with Crippen molar-refractivity contribution >= 4 is 11.6 Å². The molecule has 5 nitrogen and oxygen atoms in total. The van der Waals surface area contributed by atoms with E-state index in [4.69, 9.17) is 0 Å². The van der Waals surface area contributed by atoms with Crippen LogP contribution in [0.25, 0.3) is 11.5 Å². The molecule has 0 aliphatic heterocycles. The fourth-order valence-corrected chi connectivity index (χ4v) is 2.75. The molecule has 1 saturated carbocycles. The lowest BCUT2D eigenvalue weighted by Crippen LogP contribution is -2.27. The molecule has 2 aromatic rings. The number of hydrogen-bond acceptors (Lipinski definition) is 5. The zero-order valence-corrected chi connectivity index (χ0v) is 15.9. The molecule has 0 saturated heterocycles. The van der Waals surface area contributed by atoms with Crippen molar-refractivity contribution in [2.24, 2.45) is 5.92 Å². The Morgan fingerprint density at radius 1 is 1.04 bits per heavy atom. The van der Waals surface area contributed by atoms with E-state index in [-0.39, 0.29) is 23.1 Å². The summed E-state index contributed by atoms with van der Waals surface area (Å²) in [5.41, 5.74) is -1.13. The Bertz CT molecular complexity index is 810. The molecule has 0 radical (unpaired) electrons. The number of halogens is 3. The van der Waals surface area contributed by atoms with Gasteiger partial charge in [0.05, 0.1) is 0 Å². The van der Waals surface area contributed by atoms with Crippen molar-refractivity contribution in [3.05, 3.63) is 30.0 Å². The average molecular weight is 379 g/mol.